The van der Waals surface area contributed by atoms with Crippen LogP contribution in [0.2, 0.25) is 0 Å². The smallest absolute Gasteiger partial charge is 0.243 e. The number of thioether (sulfide) groups is 1. The van der Waals surface area contributed by atoms with Crippen molar-refractivity contribution in [2.24, 2.45) is 0 Å². The van der Waals surface area contributed by atoms with Gasteiger partial charge in [-0.3, -0.25) is 0 Å². The van der Waals surface area contributed by atoms with Crippen LogP contribution in [0.25, 0.3) is 0 Å². The number of hydrogen-bond donors (Lipinski definition) is 1. The Labute approximate surface area is 121 Å². The van der Waals surface area contributed by atoms with E-state index in [0.29, 0.717) is 17.5 Å². The van der Waals surface area contributed by atoms with Gasteiger partial charge in [-0.2, -0.15) is 4.98 Å². The number of hydrogen-bond acceptors (Lipinski definition) is 5. The summed E-state index contributed by atoms with van der Waals surface area (Å²) in [6.07, 6.45) is 3.45. The van der Waals surface area contributed by atoms with Crippen LogP contribution in [-0.2, 0) is 5.75 Å². The van der Waals surface area contributed by atoms with Crippen LogP contribution in [0, 0.1) is 5.82 Å². The molecule has 1 aliphatic rings. The molecule has 0 aliphatic carbocycles. The van der Waals surface area contributed by atoms with Crippen molar-refractivity contribution in [3.05, 3.63) is 41.8 Å². The van der Waals surface area contributed by atoms with Gasteiger partial charge < -0.3 is 9.84 Å². The van der Waals surface area contributed by atoms with Crippen molar-refractivity contribution >= 4 is 11.8 Å². The minimum Gasteiger partial charge on any atom is -0.338 e. The first-order valence-electron chi connectivity index (χ1n) is 6.75. The van der Waals surface area contributed by atoms with Crippen LogP contribution in [0.4, 0.5) is 4.39 Å². The molecule has 0 spiro atoms. The molecule has 1 fully saturated rings. The lowest BCUT2D eigenvalue weighted by Crippen LogP contribution is -2.26. The minimum atomic E-state index is -0.223. The Bertz CT molecular complexity index is 552. The van der Waals surface area contributed by atoms with E-state index in [1.165, 1.54) is 25.0 Å². The van der Waals surface area contributed by atoms with Gasteiger partial charge in [-0.1, -0.05) is 11.6 Å². The zero-order valence-electron chi connectivity index (χ0n) is 11.0. The lowest BCUT2D eigenvalue weighted by Gasteiger charge is -2.19. The first-order chi connectivity index (χ1) is 9.81. The van der Waals surface area contributed by atoms with Crippen LogP contribution in [0.3, 0.4) is 0 Å². The summed E-state index contributed by atoms with van der Waals surface area (Å²) in [6, 6.07) is 6.61. The normalized spacial score (nSPS) is 19.1. The molecule has 20 heavy (non-hydrogen) atoms. The van der Waals surface area contributed by atoms with Crippen LogP contribution < -0.4 is 5.32 Å². The number of halogens is 1. The van der Waals surface area contributed by atoms with E-state index in [9.17, 15) is 4.39 Å². The molecule has 6 heteroatoms. The van der Waals surface area contributed by atoms with Gasteiger partial charge in [-0.15, -0.1) is 11.8 Å². The molecule has 4 nitrogen and oxygen atoms in total. The van der Waals surface area contributed by atoms with E-state index in [0.717, 1.165) is 17.9 Å². The Hall–Kier alpha value is -1.40. The van der Waals surface area contributed by atoms with Crippen molar-refractivity contribution < 1.29 is 8.91 Å². The Morgan fingerprint density at radius 1 is 1.30 bits per heavy atom. The van der Waals surface area contributed by atoms with Crippen LogP contribution in [0.1, 0.15) is 37.0 Å². The molecule has 0 radical (unpaired) electrons. The van der Waals surface area contributed by atoms with E-state index < -0.39 is 0 Å². The highest BCUT2D eigenvalue weighted by molar-refractivity contribution is 7.98. The maximum absolute atomic E-state index is 12.8. The number of rotatable bonds is 4. The summed E-state index contributed by atoms with van der Waals surface area (Å²) in [7, 11) is 0. The maximum atomic E-state index is 12.8. The number of nitrogens with one attached hydrogen (secondary N) is 1. The minimum absolute atomic E-state index is 0.195. The molecule has 2 heterocycles. The summed E-state index contributed by atoms with van der Waals surface area (Å²) in [5.74, 6) is 1.77. The van der Waals surface area contributed by atoms with Crippen molar-refractivity contribution in [3.63, 3.8) is 0 Å². The molecular formula is C14H16FN3OS. The highest BCUT2D eigenvalue weighted by Crippen LogP contribution is 2.24. The Kier molecular flexibility index (Phi) is 4.32. The van der Waals surface area contributed by atoms with Crippen molar-refractivity contribution in [1.29, 1.82) is 0 Å². The molecule has 3 rings (SSSR count). The second-order valence-corrected chi connectivity index (χ2v) is 5.84. The monoisotopic (exact) mass is 293 g/mol. The van der Waals surface area contributed by atoms with Crippen LogP contribution in [0.5, 0.6) is 0 Å². The molecule has 0 amide bonds. The maximum Gasteiger partial charge on any atom is 0.243 e. The molecule has 1 aromatic carbocycles. The van der Waals surface area contributed by atoms with E-state index in [2.05, 4.69) is 15.5 Å². The first-order valence-corrected chi connectivity index (χ1v) is 7.74. The van der Waals surface area contributed by atoms with Gasteiger partial charge in [0, 0.05) is 4.90 Å². The molecule has 106 valence electrons. The lowest BCUT2D eigenvalue weighted by atomic mass is 10.1. The van der Waals surface area contributed by atoms with E-state index in [1.807, 2.05) is 0 Å². The Balaban J connectivity index is 1.58. The average molecular weight is 293 g/mol. The van der Waals surface area contributed by atoms with Gasteiger partial charge in [0.15, 0.2) is 5.82 Å². The second kappa shape index (κ2) is 6.37. The van der Waals surface area contributed by atoms with Gasteiger partial charge in [-0.25, -0.2) is 4.39 Å². The van der Waals surface area contributed by atoms with E-state index in [-0.39, 0.29) is 11.9 Å². The largest absolute Gasteiger partial charge is 0.338 e. The number of benzene rings is 1. The SMILES string of the molecule is Fc1ccc(SCc2noc([C@@H]3CCCCN3)n2)cc1. The summed E-state index contributed by atoms with van der Waals surface area (Å²) in [5, 5.41) is 7.39. The molecule has 2 aromatic rings. The molecule has 0 bridgehead atoms. The van der Waals surface area contributed by atoms with Gasteiger partial charge in [0.25, 0.3) is 0 Å². The fourth-order valence-corrected chi connectivity index (χ4v) is 2.95. The molecule has 1 aromatic heterocycles. The zero-order chi connectivity index (χ0) is 13.8. The number of aromatic nitrogens is 2. The van der Waals surface area contributed by atoms with Gasteiger partial charge in [0.05, 0.1) is 11.8 Å². The van der Waals surface area contributed by atoms with Crippen LogP contribution >= 0.6 is 11.8 Å². The van der Waals surface area contributed by atoms with Gasteiger partial charge in [-0.05, 0) is 43.7 Å². The second-order valence-electron chi connectivity index (χ2n) is 4.79. The van der Waals surface area contributed by atoms with Crippen molar-refractivity contribution in [2.75, 3.05) is 6.54 Å². The Morgan fingerprint density at radius 2 is 2.15 bits per heavy atom. The number of piperidine rings is 1. The number of nitrogens with zero attached hydrogens (tertiary/aromatic N) is 2. The van der Waals surface area contributed by atoms with Gasteiger partial charge in [0.2, 0.25) is 5.89 Å². The standard InChI is InChI=1S/C14H16FN3OS/c15-10-4-6-11(7-5-10)20-9-13-17-14(19-18-13)12-3-1-2-8-16-12/h4-7,12,16H,1-3,8-9H2/t12-/m0/s1. The summed E-state index contributed by atoms with van der Waals surface area (Å²) < 4.78 is 18.1. The fraction of sp³-hybridized carbons (Fsp3) is 0.429. The summed E-state index contributed by atoms with van der Waals surface area (Å²) in [6.45, 7) is 1.01. The first kappa shape index (κ1) is 13.6. The third-order valence-electron chi connectivity index (χ3n) is 3.27. The van der Waals surface area contributed by atoms with Crippen molar-refractivity contribution in [3.8, 4) is 0 Å². The fourth-order valence-electron chi connectivity index (χ4n) is 2.21. The topological polar surface area (TPSA) is 51.0 Å². The summed E-state index contributed by atoms with van der Waals surface area (Å²) in [5.41, 5.74) is 0. The predicted octanol–water partition coefficient (Wildman–Crippen LogP) is 3.32. The average Bonchev–Trinajstić information content (AvgIpc) is 2.97. The van der Waals surface area contributed by atoms with E-state index in [4.69, 9.17) is 4.52 Å². The van der Waals surface area contributed by atoms with Crippen molar-refractivity contribution in [2.45, 2.75) is 36.0 Å². The molecule has 0 saturated carbocycles. The molecule has 1 atom stereocenters. The van der Waals surface area contributed by atoms with E-state index >= 15 is 0 Å². The lowest BCUT2D eigenvalue weighted by molar-refractivity contribution is 0.296. The molecule has 1 saturated heterocycles. The molecule has 0 unspecified atom stereocenters. The highest BCUT2D eigenvalue weighted by atomic mass is 32.2. The van der Waals surface area contributed by atoms with E-state index in [1.54, 1.807) is 23.9 Å². The third-order valence-corrected chi connectivity index (χ3v) is 4.28. The molecule has 1 aliphatic heterocycles. The predicted molar refractivity (Wildman–Crippen MR) is 74.9 cm³/mol. The van der Waals surface area contributed by atoms with Crippen LogP contribution in [0.15, 0.2) is 33.7 Å². The third kappa shape index (κ3) is 3.37. The molecule has 1 N–H and O–H groups in total. The summed E-state index contributed by atoms with van der Waals surface area (Å²) >= 11 is 1.57. The van der Waals surface area contributed by atoms with Crippen molar-refractivity contribution in [1.82, 2.24) is 15.5 Å². The zero-order valence-corrected chi connectivity index (χ0v) is 11.8. The van der Waals surface area contributed by atoms with Gasteiger partial charge in [0.1, 0.15) is 5.82 Å². The van der Waals surface area contributed by atoms with Crippen LogP contribution in [-0.4, -0.2) is 16.7 Å². The quantitative estimate of drug-likeness (QED) is 0.876. The summed E-state index contributed by atoms with van der Waals surface area (Å²) in [4.78, 5) is 5.43. The highest BCUT2D eigenvalue weighted by Gasteiger charge is 2.20. The molecular weight excluding hydrogens is 277 g/mol. The Morgan fingerprint density at radius 3 is 2.90 bits per heavy atom. The van der Waals surface area contributed by atoms with Gasteiger partial charge >= 0.3 is 0 Å².